The van der Waals surface area contributed by atoms with Crippen LogP contribution in [-0.4, -0.2) is 91.3 Å². The minimum atomic E-state index is -1.14. The minimum Gasteiger partial charge on any atom is -0.461 e. The number of anilines is 2. The van der Waals surface area contributed by atoms with Gasteiger partial charge in [-0.1, -0.05) is 0 Å². The van der Waals surface area contributed by atoms with Gasteiger partial charge in [0.1, 0.15) is 11.7 Å². The fraction of sp³-hybridized carbons (Fsp3) is 0.654. The first-order valence-corrected chi connectivity index (χ1v) is 13.7. The summed E-state index contributed by atoms with van der Waals surface area (Å²) in [6.07, 6.45) is 6.62. The number of piperidine rings is 2. The number of nitrogens with two attached hydrogens (primary N) is 1. The molecular formula is C26H36FN9O2. The zero-order valence-corrected chi connectivity index (χ0v) is 22.1. The van der Waals surface area contributed by atoms with Crippen LogP contribution in [0.2, 0.25) is 0 Å². The van der Waals surface area contributed by atoms with E-state index in [-0.39, 0.29) is 17.9 Å². The Morgan fingerprint density at radius 3 is 2.37 bits per heavy atom. The molecule has 1 atom stereocenters. The maximum atomic E-state index is 14.0. The van der Waals surface area contributed by atoms with Gasteiger partial charge in [0.05, 0.1) is 6.26 Å². The van der Waals surface area contributed by atoms with E-state index in [1.807, 2.05) is 9.80 Å². The molecule has 1 amide bonds. The van der Waals surface area contributed by atoms with Crippen LogP contribution in [0.25, 0.3) is 17.4 Å². The van der Waals surface area contributed by atoms with E-state index in [0.29, 0.717) is 48.2 Å². The molecule has 3 aromatic rings. The zero-order chi connectivity index (χ0) is 26.4. The number of amides is 1. The zero-order valence-electron chi connectivity index (χ0n) is 22.1. The number of nitrogen functional groups attached to an aromatic ring is 1. The molecule has 3 aliphatic heterocycles. The van der Waals surface area contributed by atoms with E-state index >= 15 is 0 Å². The summed E-state index contributed by atoms with van der Waals surface area (Å²) in [5, 5.41) is 4.34. The predicted molar refractivity (Wildman–Crippen MR) is 140 cm³/mol. The van der Waals surface area contributed by atoms with Crippen LogP contribution in [0.3, 0.4) is 0 Å². The number of rotatable bonds is 6. The van der Waals surface area contributed by atoms with E-state index in [0.717, 1.165) is 58.3 Å². The van der Waals surface area contributed by atoms with Crippen LogP contribution in [0.4, 0.5) is 16.3 Å². The van der Waals surface area contributed by atoms with Crippen LogP contribution in [0.5, 0.6) is 0 Å². The molecule has 3 aromatic heterocycles. The molecule has 2 N–H and O–H groups in total. The number of likely N-dealkylation sites (tertiary alicyclic amines) is 2. The van der Waals surface area contributed by atoms with Gasteiger partial charge in [-0.05, 0) is 83.0 Å². The van der Waals surface area contributed by atoms with E-state index in [1.54, 1.807) is 32.2 Å². The van der Waals surface area contributed by atoms with E-state index < -0.39 is 5.67 Å². The van der Waals surface area contributed by atoms with Crippen LogP contribution in [0.15, 0.2) is 22.8 Å². The Kier molecular flexibility index (Phi) is 6.45. The highest BCUT2D eigenvalue weighted by atomic mass is 19.1. The third kappa shape index (κ3) is 4.93. The molecule has 0 unspecified atom stereocenters. The Balaban J connectivity index is 1.05. The van der Waals surface area contributed by atoms with Crippen molar-refractivity contribution in [2.75, 3.05) is 49.9 Å². The van der Waals surface area contributed by atoms with Crippen molar-refractivity contribution < 1.29 is 13.6 Å². The Morgan fingerprint density at radius 1 is 1.05 bits per heavy atom. The lowest BCUT2D eigenvalue weighted by Gasteiger charge is -2.45. The Labute approximate surface area is 221 Å². The Bertz CT molecular complexity index is 1270. The van der Waals surface area contributed by atoms with Crippen molar-refractivity contribution >= 4 is 23.6 Å². The monoisotopic (exact) mass is 525 g/mol. The van der Waals surface area contributed by atoms with Gasteiger partial charge in [-0.15, -0.1) is 5.10 Å². The fourth-order valence-electron chi connectivity index (χ4n) is 6.23. The van der Waals surface area contributed by atoms with Crippen molar-refractivity contribution in [3.05, 3.63) is 18.4 Å². The number of carbonyl (C=O) groups excluding carboxylic acids is 1. The quantitative estimate of drug-likeness (QED) is 0.517. The second kappa shape index (κ2) is 9.79. The van der Waals surface area contributed by atoms with Crippen molar-refractivity contribution in [1.29, 1.82) is 0 Å². The molecule has 0 bridgehead atoms. The molecule has 6 rings (SSSR count). The van der Waals surface area contributed by atoms with E-state index in [4.69, 9.17) is 10.2 Å². The largest absolute Gasteiger partial charge is 0.461 e. The molecule has 12 heteroatoms. The van der Waals surface area contributed by atoms with E-state index in [2.05, 4.69) is 25.0 Å². The Morgan fingerprint density at radius 2 is 1.76 bits per heavy atom. The lowest BCUT2D eigenvalue weighted by molar-refractivity contribution is -0.135. The second-order valence-corrected chi connectivity index (χ2v) is 11.5. The standard InChI is InChI=1S/C26H36FN9O2/c1-26(2,27)16-33-10-5-17(6-11-33)18-7-12-34(13-8-18)22(37)19-9-14-35(19)24-30-23(28)36-25(31-24)29-21(32-36)20-4-3-15-38-20/h3-4,15,17-19H,5-14,16H2,1-2H3,(H2,28,29,30,31,32)/t19-/m0/s1. The summed E-state index contributed by atoms with van der Waals surface area (Å²) in [4.78, 5) is 33.0. The molecule has 0 saturated carbocycles. The lowest BCUT2D eigenvalue weighted by Crippen LogP contribution is -2.59. The molecule has 38 heavy (non-hydrogen) atoms. The first-order valence-electron chi connectivity index (χ1n) is 13.7. The summed E-state index contributed by atoms with van der Waals surface area (Å²) in [6.45, 7) is 8.01. The van der Waals surface area contributed by atoms with Gasteiger partial charge in [0.2, 0.25) is 23.6 Å². The summed E-state index contributed by atoms with van der Waals surface area (Å²) in [6, 6.07) is 3.25. The number of carbonyl (C=O) groups is 1. The SMILES string of the molecule is CC(C)(F)CN1CCC(C2CCN(C(=O)[C@@H]3CCN3c3nc(N)n4nc(-c5ccco5)nc4n3)CC2)CC1. The van der Waals surface area contributed by atoms with Gasteiger partial charge in [-0.2, -0.15) is 19.5 Å². The molecule has 11 nitrogen and oxygen atoms in total. The summed E-state index contributed by atoms with van der Waals surface area (Å²) in [5.41, 5.74) is 5.02. The molecule has 6 heterocycles. The van der Waals surface area contributed by atoms with Crippen molar-refractivity contribution in [3.8, 4) is 11.6 Å². The molecule has 0 radical (unpaired) electrons. The number of furan rings is 1. The van der Waals surface area contributed by atoms with E-state index in [9.17, 15) is 9.18 Å². The van der Waals surface area contributed by atoms with Gasteiger partial charge in [0.25, 0.3) is 5.78 Å². The maximum absolute atomic E-state index is 14.0. The predicted octanol–water partition coefficient (Wildman–Crippen LogP) is 2.64. The van der Waals surface area contributed by atoms with Crippen LogP contribution in [-0.2, 0) is 4.79 Å². The fourth-order valence-corrected chi connectivity index (χ4v) is 6.23. The maximum Gasteiger partial charge on any atom is 0.259 e. The first kappa shape index (κ1) is 25.0. The highest BCUT2D eigenvalue weighted by Gasteiger charge is 2.40. The number of hydrogen-bond donors (Lipinski definition) is 1. The van der Waals surface area contributed by atoms with Crippen LogP contribution in [0.1, 0.15) is 46.0 Å². The van der Waals surface area contributed by atoms with Gasteiger partial charge < -0.3 is 24.9 Å². The first-order chi connectivity index (χ1) is 18.2. The number of fused-ring (bicyclic) bond motifs is 1. The molecule has 0 aromatic carbocycles. The topological polar surface area (TPSA) is 122 Å². The average Bonchev–Trinajstić information content (AvgIpc) is 3.53. The van der Waals surface area contributed by atoms with Crippen molar-refractivity contribution in [2.24, 2.45) is 11.8 Å². The van der Waals surface area contributed by atoms with Crippen LogP contribution >= 0.6 is 0 Å². The number of alkyl halides is 1. The van der Waals surface area contributed by atoms with E-state index in [1.165, 1.54) is 4.52 Å². The molecule has 204 valence electrons. The van der Waals surface area contributed by atoms with Gasteiger partial charge >= 0.3 is 0 Å². The lowest BCUT2D eigenvalue weighted by atomic mass is 9.78. The van der Waals surface area contributed by atoms with Crippen molar-refractivity contribution in [2.45, 2.75) is 57.7 Å². The average molecular weight is 526 g/mol. The highest BCUT2D eigenvalue weighted by molar-refractivity contribution is 5.86. The van der Waals surface area contributed by atoms with Crippen LogP contribution < -0.4 is 10.6 Å². The molecule has 3 saturated heterocycles. The number of hydrogen-bond acceptors (Lipinski definition) is 9. The normalized spacial score (nSPS) is 22.2. The van der Waals surface area contributed by atoms with Crippen LogP contribution in [0, 0.1) is 11.8 Å². The third-order valence-electron chi connectivity index (χ3n) is 8.27. The summed E-state index contributed by atoms with van der Waals surface area (Å²) in [5.74, 6) is 3.22. The van der Waals surface area contributed by atoms with Gasteiger partial charge in [-0.3, -0.25) is 4.79 Å². The van der Waals surface area contributed by atoms with Gasteiger partial charge in [0, 0.05) is 26.2 Å². The van der Waals surface area contributed by atoms with Gasteiger partial charge in [-0.25, -0.2) is 4.39 Å². The molecule has 3 aliphatic rings. The summed E-state index contributed by atoms with van der Waals surface area (Å²) in [7, 11) is 0. The number of aromatic nitrogens is 5. The number of halogens is 1. The molecular weight excluding hydrogens is 489 g/mol. The molecule has 0 aliphatic carbocycles. The molecule has 3 fully saturated rings. The smallest absolute Gasteiger partial charge is 0.259 e. The second-order valence-electron chi connectivity index (χ2n) is 11.5. The van der Waals surface area contributed by atoms with Crippen molar-refractivity contribution in [1.82, 2.24) is 34.4 Å². The minimum absolute atomic E-state index is 0.134. The Hall–Kier alpha value is -3.28. The van der Waals surface area contributed by atoms with Gasteiger partial charge in [0.15, 0.2) is 5.76 Å². The third-order valence-corrected chi connectivity index (χ3v) is 8.27. The number of nitrogens with zero attached hydrogens (tertiary/aromatic N) is 8. The highest BCUT2D eigenvalue weighted by Crippen LogP contribution is 2.34. The summed E-state index contributed by atoms with van der Waals surface area (Å²) >= 11 is 0. The molecule has 0 spiro atoms. The van der Waals surface area contributed by atoms with Crippen molar-refractivity contribution in [3.63, 3.8) is 0 Å². The summed E-state index contributed by atoms with van der Waals surface area (Å²) < 4.78 is 20.8.